The number of piperidine rings is 1. The standard InChI is InChI=1S/C27H28ClNO3/c1-19-22(10-7-11-23(19)21-8-3-2-4-9-21)18-32-26-14-13-20(16-24(26)28)17-29-15-6-5-12-25(29)27(30)31/h2-4,7-11,13-14,16,25H,5-6,12,15,17-18H2,1H3,(H,30,31)/t25-/m1/s1. The molecule has 0 aromatic heterocycles. The fourth-order valence-electron chi connectivity index (χ4n) is 4.38. The van der Waals surface area contributed by atoms with Gasteiger partial charge in [0, 0.05) is 6.54 Å². The van der Waals surface area contributed by atoms with Gasteiger partial charge in [-0.05, 0) is 66.3 Å². The molecule has 1 aliphatic heterocycles. The third kappa shape index (κ3) is 5.14. The van der Waals surface area contributed by atoms with E-state index >= 15 is 0 Å². The van der Waals surface area contributed by atoms with Crippen molar-refractivity contribution < 1.29 is 14.6 Å². The quantitative estimate of drug-likeness (QED) is 0.457. The van der Waals surface area contributed by atoms with Gasteiger partial charge in [-0.3, -0.25) is 9.69 Å². The van der Waals surface area contributed by atoms with Gasteiger partial charge in [-0.1, -0.05) is 72.6 Å². The Morgan fingerprint density at radius 3 is 2.66 bits per heavy atom. The Morgan fingerprint density at radius 1 is 1.09 bits per heavy atom. The van der Waals surface area contributed by atoms with Gasteiger partial charge in [-0.15, -0.1) is 0 Å². The van der Waals surface area contributed by atoms with Crippen molar-refractivity contribution in [2.45, 2.75) is 45.4 Å². The smallest absolute Gasteiger partial charge is 0.320 e. The largest absolute Gasteiger partial charge is 0.487 e. The second-order valence-electron chi connectivity index (χ2n) is 8.33. The highest BCUT2D eigenvalue weighted by Crippen LogP contribution is 2.30. The maximum Gasteiger partial charge on any atom is 0.320 e. The molecule has 4 nitrogen and oxygen atoms in total. The summed E-state index contributed by atoms with van der Waals surface area (Å²) < 4.78 is 6.06. The fourth-order valence-corrected chi connectivity index (χ4v) is 4.64. The number of benzene rings is 3. The molecule has 0 radical (unpaired) electrons. The maximum atomic E-state index is 11.6. The Balaban J connectivity index is 1.44. The van der Waals surface area contributed by atoms with Gasteiger partial charge < -0.3 is 9.84 Å². The Bertz CT molecular complexity index is 1080. The molecule has 32 heavy (non-hydrogen) atoms. The van der Waals surface area contributed by atoms with E-state index in [0.717, 1.165) is 30.5 Å². The van der Waals surface area contributed by atoms with Gasteiger partial charge in [-0.2, -0.15) is 0 Å². The topological polar surface area (TPSA) is 49.8 Å². The zero-order valence-corrected chi connectivity index (χ0v) is 19.0. The normalized spacial score (nSPS) is 16.6. The lowest BCUT2D eigenvalue weighted by Crippen LogP contribution is -2.43. The summed E-state index contributed by atoms with van der Waals surface area (Å²) >= 11 is 6.52. The summed E-state index contributed by atoms with van der Waals surface area (Å²) in [6, 6.07) is 21.9. The van der Waals surface area contributed by atoms with Crippen LogP contribution in [-0.2, 0) is 17.9 Å². The monoisotopic (exact) mass is 449 g/mol. The van der Waals surface area contributed by atoms with Crippen molar-refractivity contribution in [3.05, 3.63) is 88.4 Å². The summed E-state index contributed by atoms with van der Waals surface area (Å²) in [5, 5.41) is 10.0. The highest BCUT2D eigenvalue weighted by molar-refractivity contribution is 6.32. The van der Waals surface area contributed by atoms with Crippen LogP contribution in [0.25, 0.3) is 11.1 Å². The van der Waals surface area contributed by atoms with Crippen LogP contribution in [0.4, 0.5) is 0 Å². The number of aliphatic carboxylic acids is 1. The second-order valence-corrected chi connectivity index (χ2v) is 8.74. The molecule has 166 valence electrons. The highest BCUT2D eigenvalue weighted by Gasteiger charge is 2.28. The van der Waals surface area contributed by atoms with E-state index in [9.17, 15) is 9.90 Å². The van der Waals surface area contributed by atoms with Gasteiger partial charge >= 0.3 is 5.97 Å². The molecule has 0 spiro atoms. The molecule has 0 amide bonds. The molecular weight excluding hydrogens is 422 g/mol. The van der Waals surface area contributed by atoms with Crippen LogP contribution >= 0.6 is 11.6 Å². The average Bonchev–Trinajstić information content (AvgIpc) is 2.80. The van der Waals surface area contributed by atoms with Crippen LogP contribution in [0.3, 0.4) is 0 Å². The molecule has 0 saturated carbocycles. The van der Waals surface area contributed by atoms with Gasteiger partial charge in [-0.25, -0.2) is 0 Å². The van der Waals surface area contributed by atoms with Crippen LogP contribution in [-0.4, -0.2) is 28.6 Å². The number of hydrogen-bond donors (Lipinski definition) is 1. The van der Waals surface area contributed by atoms with Crippen molar-refractivity contribution in [1.29, 1.82) is 0 Å². The molecule has 4 rings (SSSR count). The lowest BCUT2D eigenvalue weighted by atomic mass is 9.97. The van der Waals surface area contributed by atoms with Gasteiger partial charge in [0.25, 0.3) is 0 Å². The number of likely N-dealkylation sites (tertiary alicyclic amines) is 1. The predicted molar refractivity (Wildman–Crippen MR) is 128 cm³/mol. The number of nitrogens with zero attached hydrogens (tertiary/aromatic N) is 1. The maximum absolute atomic E-state index is 11.6. The van der Waals surface area contributed by atoms with Crippen molar-refractivity contribution in [3.63, 3.8) is 0 Å². The number of halogens is 1. The zero-order chi connectivity index (χ0) is 22.5. The first-order valence-corrected chi connectivity index (χ1v) is 11.4. The third-order valence-electron chi connectivity index (χ3n) is 6.19. The van der Waals surface area contributed by atoms with Crippen LogP contribution in [0.1, 0.15) is 36.0 Å². The molecule has 1 aliphatic rings. The van der Waals surface area contributed by atoms with E-state index in [4.69, 9.17) is 16.3 Å². The summed E-state index contributed by atoms with van der Waals surface area (Å²) in [5.41, 5.74) is 5.69. The summed E-state index contributed by atoms with van der Waals surface area (Å²) in [6.45, 7) is 3.92. The number of rotatable bonds is 7. The van der Waals surface area contributed by atoms with Gasteiger partial charge in [0.05, 0.1) is 5.02 Å². The molecule has 1 atom stereocenters. The first-order chi connectivity index (χ1) is 15.5. The fraction of sp³-hybridized carbons (Fsp3) is 0.296. The van der Waals surface area contributed by atoms with E-state index in [-0.39, 0.29) is 0 Å². The molecule has 0 bridgehead atoms. The van der Waals surface area contributed by atoms with Crippen LogP contribution in [0.2, 0.25) is 5.02 Å². The first-order valence-electron chi connectivity index (χ1n) is 11.0. The van der Waals surface area contributed by atoms with E-state index < -0.39 is 12.0 Å². The molecule has 1 heterocycles. The van der Waals surface area contributed by atoms with E-state index in [2.05, 4.69) is 37.3 Å². The molecule has 1 N–H and O–H groups in total. The molecule has 0 aliphatic carbocycles. The van der Waals surface area contributed by atoms with Crippen LogP contribution in [0.15, 0.2) is 66.7 Å². The third-order valence-corrected chi connectivity index (χ3v) is 6.49. The SMILES string of the molecule is Cc1c(COc2ccc(CN3CCCC[C@@H]3C(=O)O)cc2Cl)cccc1-c1ccccc1. The van der Waals surface area contributed by atoms with Gasteiger partial charge in [0.2, 0.25) is 0 Å². The van der Waals surface area contributed by atoms with Crippen LogP contribution in [0, 0.1) is 6.92 Å². The molecule has 3 aromatic rings. The molecule has 5 heteroatoms. The number of carboxylic acids is 1. The Labute approximate surface area is 194 Å². The van der Waals surface area contributed by atoms with E-state index in [1.54, 1.807) is 0 Å². The summed E-state index contributed by atoms with van der Waals surface area (Å²) in [4.78, 5) is 13.6. The minimum Gasteiger partial charge on any atom is -0.487 e. The molecular formula is C27H28ClNO3. The lowest BCUT2D eigenvalue weighted by Gasteiger charge is -2.32. The van der Waals surface area contributed by atoms with E-state index in [1.165, 1.54) is 16.7 Å². The average molecular weight is 450 g/mol. The zero-order valence-electron chi connectivity index (χ0n) is 18.3. The first kappa shape index (κ1) is 22.4. The minimum absolute atomic E-state index is 0.418. The number of carbonyl (C=O) groups is 1. The van der Waals surface area contributed by atoms with Crippen LogP contribution in [0.5, 0.6) is 5.75 Å². The number of ether oxygens (including phenoxy) is 1. The Hall–Kier alpha value is -2.82. The molecule has 1 fully saturated rings. The van der Waals surface area contributed by atoms with Crippen LogP contribution < -0.4 is 4.74 Å². The van der Waals surface area contributed by atoms with Crippen molar-refractivity contribution in [2.24, 2.45) is 0 Å². The molecule has 1 saturated heterocycles. The second kappa shape index (κ2) is 10.2. The van der Waals surface area contributed by atoms with Crippen molar-refractivity contribution >= 4 is 17.6 Å². The van der Waals surface area contributed by atoms with Crippen molar-refractivity contribution in [2.75, 3.05) is 6.54 Å². The van der Waals surface area contributed by atoms with Gasteiger partial charge in [0.15, 0.2) is 0 Å². The molecule has 3 aromatic carbocycles. The summed E-state index contributed by atoms with van der Waals surface area (Å²) in [5.74, 6) is -0.114. The summed E-state index contributed by atoms with van der Waals surface area (Å²) in [7, 11) is 0. The minimum atomic E-state index is -0.746. The van der Waals surface area contributed by atoms with E-state index in [1.807, 2.05) is 41.3 Å². The number of hydrogen-bond acceptors (Lipinski definition) is 3. The Morgan fingerprint density at radius 2 is 1.91 bits per heavy atom. The van der Waals surface area contributed by atoms with E-state index in [0.29, 0.717) is 30.3 Å². The van der Waals surface area contributed by atoms with Crippen molar-refractivity contribution in [1.82, 2.24) is 4.90 Å². The number of carboxylic acid groups (broad SMARTS) is 1. The van der Waals surface area contributed by atoms with Gasteiger partial charge in [0.1, 0.15) is 18.4 Å². The van der Waals surface area contributed by atoms with Crippen molar-refractivity contribution in [3.8, 4) is 16.9 Å². The highest BCUT2D eigenvalue weighted by atomic mass is 35.5. The Kier molecular flexibility index (Phi) is 7.13. The lowest BCUT2D eigenvalue weighted by molar-refractivity contribution is -0.144. The summed E-state index contributed by atoms with van der Waals surface area (Å²) in [6.07, 6.45) is 2.69. The molecule has 0 unspecified atom stereocenters. The predicted octanol–water partition coefficient (Wildman–Crippen LogP) is 6.33.